The van der Waals surface area contributed by atoms with Gasteiger partial charge in [0, 0.05) is 17.3 Å². The molecule has 2 nitrogen and oxygen atoms in total. The Balaban J connectivity index is 1.27. The van der Waals surface area contributed by atoms with E-state index in [1.165, 1.54) is 54.9 Å². The number of anilines is 3. The molecule has 0 N–H and O–H groups in total. The van der Waals surface area contributed by atoms with E-state index in [-0.39, 0.29) is 0 Å². The molecule has 182 valence electrons. The number of nitrogens with zero attached hydrogens (tertiary/aromatic N) is 2. The van der Waals surface area contributed by atoms with Gasteiger partial charge in [0.15, 0.2) is 0 Å². The van der Waals surface area contributed by atoms with Crippen LogP contribution in [0.4, 0.5) is 17.2 Å². The third kappa shape index (κ3) is 3.39. The topological polar surface area (TPSA) is 16.1 Å². The molecule has 0 saturated carbocycles. The van der Waals surface area contributed by atoms with Gasteiger partial charge >= 0.3 is 0 Å². The second-order valence-electron chi connectivity index (χ2n) is 10.0. The Morgan fingerprint density at radius 2 is 1.08 bits per heavy atom. The van der Waals surface area contributed by atoms with Crippen LogP contribution in [-0.2, 0) is 0 Å². The lowest BCUT2D eigenvalue weighted by Crippen LogP contribution is -2.11. The molecular formula is C37H24N2. The number of hydrogen-bond acceptors (Lipinski definition) is 2. The van der Waals surface area contributed by atoms with E-state index in [2.05, 4.69) is 132 Å². The summed E-state index contributed by atoms with van der Waals surface area (Å²) in [6.07, 6.45) is 1.85. The van der Waals surface area contributed by atoms with Crippen LogP contribution in [0.15, 0.2) is 146 Å². The second-order valence-corrected chi connectivity index (χ2v) is 10.0. The Kier molecular flexibility index (Phi) is 4.86. The maximum absolute atomic E-state index is 4.73. The average Bonchev–Trinajstić information content (AvgIpc) is 3.34. The highest BCUT2D eigenvalue weighted by Gasteiger charge is 2.22. The van der Waals surface area contributed by atoms with Gasteiger partial charge in [-0.15, -0.1) is 0 Å². The molecule has 0 unspecified atom stereocenters. The number of benzene rings is 6. The number of hydrogen-bond donors (Lipinski definition) is 0. The monoisotopic (exact) mass is 496 g/mol. The molecule has 6 aromatic carbocycles. The first-order valence-corrected chi connectivity index (χ1v) is 13.3. The molecule has 0 radical (unpaired) electrons. The Labute approximate surface area is 227 Å². The van der Waals surface area contributed by atoms with E-state index in [4.69, 9.17) is 4.98 Å². The summed E-state index contributed by atoms with van der Waals surface area (Å²) in [6, 6.07) is 49.9. The van der Waals surface area contributed by atoms with Crippen LogP contribution in [0.5, 0.6) is 0 Å². The molecule has 1 heterocycles. The van der Waals surface area contributed by atoms with E-state index in [0.717, 1.165) is 17.2 Å². The summed E-state index contributed by atoms with van der Waals surface area (Å²) < 4.78 is 0. The largest absolute Gasteiger partial charge is 0.294 e. The van der Waals surface area contributed by atoms with Gasteiger partial charge in [0.1, 0.15) is 5.82 Å². The molecule has 1 aliphatic rings. The minimum atomic E-state index is 0.893. The van der Waals surface area contributed by atoms with Crippen molar-refractivity contribution in [3.8, 4) is 33.4 Å². The van der Waals surface area contributed by atoms with E-state index < -0.39 is 0 Å². The molecule has 2 heteroatoms. The molecule has 0 saturated heterocycles. The molecule has 1 aliphatic carbocycles. The van der Waals surface area contributed by atoms with Crippen molar-refractivity contribution in [3.05, 3.63) is 146 Å². The molecule has 0 aliphatic heterocycles. The van der Waals surface area contributed by atoms with E-state index >= 15 is 0 Å². The quantitative estimate of drug-likeness (QED) is 0.241. The molecule has 7 aromatic rings. The molecule has 39 heavy (non-hydrogen) atoms. The van der Waals surface area contributed by atoms with Crippen molar-refractivity contribution in [1.29, 1.82) is 0 Å². The normalized spacial score (nSPS) is 11.6. The highest BCUT2D eigenvalue weighted by molar-refractivity contribution is 6.18. The van der Waals surface area contributed by atoms with Gasteiger partial charge < -0.3 is 0 Å². The lowest BCUT2D eigenvalue weighted by molar-refractivity contribution is 1.19. The van der Waals surface area contributed by atoms with Crippen molar-refractivity contribution in [2.45, 2.75) is 0 Å². The van der Waals surface area contributed by atoms with Gasteiger partial charge in [-0.05, 0) is 79.9 Å². The van der Waals surface area contributed by atoms with Crippen LogP contribution in [-0.4, -0.2) is 4.98 Å². The minimum absolute atomic E-state index is 0.893. The van der Waals surface area contributed by atoms with Crippen LogP contribution >= 0.6 is 0 Å². The number of rotatable bonds is 4. The fourth-order valence-electron chi connectivity index (χ4n) is 6.13. The van der Waals surface area contributed by atoms with Crippen molar-refractivity contribution >= 4 is 38.7 Å². The van der Waals surface area contributed by atoms with Gasteiger partial charge in [-0.25, -0.2) is 4.98 Å². The summed E-state index contributed by atoms with van der Waals surface area (Å²) in [7, 11) is 0. The number of fused-ring (bicyclic) bond motifs is 4. The summed E-state index contributed by atoms with van der Waals surface area (Å²) in [6.45, 7) is 0. The van der Waals surface area contributed by atoms with Crippen molar-refractivity contribution in [1.82, 2.24) is 4.98 Å². The van der Waals surface area contributed by atoms with E-state index in [1.807, 2.05) is 18.3 Å². The van der Waals surface area contributed by atoms with Crippen molar-refractivity contribution < 1.29 is 0 Å². The van der Waals surface area contributed by atoms with Crippen LogP contribution < -0.4 is 4.90 Å². The summed E-state index contributed by atoms with van der Waals surface area (Å²) in [5.74, 6) is 0.893. The fraction of sp³-hybridized carbons (Fsp3) is 0. The smallest absolute Gasteiger partial charge is 0.137 e. The van der Waals surface area contributed by atoms with Crippen LogP contribution in [0.3, 0.4) is 0 Å². The van der Waals surface area contributed by atoms with E-state index in [9.17, 15) is 0 Å². The first kappa shape index (κ1) is 21.8. The lowest BCUT2D eigenvalue weighted by atomic mass is 9.94. The van der Waals surface area contributed by atoms with Crippen molar-refractivity contribution in [2.24, 2.45) is 0 Å². The third-order valence-corrected chi connectivity index (χ3v) is 7.87. The summed E-state index contributed by atoms with van der Waals surface area (Å²) in [4.78, 5) is 6.98. The molecule has 8 rings (SSSR count). The lowest BCUT2D eigenvalue weighted by Gasteiger charge is -2.26. The van der Waals surface area contributed by atoms with E-state index in [0.29, 0.717) is 0 Å². The maximum atomic E-state index is 4.73. The minimum Gasteiger partial charge on any atom is -0.294 e. The predicted octanol–water partition coefficient (Wildman–Crippen LogP) is 10.2. The standard InChI is InChI=1S/C37H24N2/c1-2-11-29-25(9-1)10-7-16-35(29)39(36-17-5-6-24-38-36)27-20-18-26(19-21-27)28-22-23-34-31-13-4-3-12-30(31)33-15-8-14-32(28)37(33)34/h1-24H. The highest BCUT2D eigenvalue weighted by atomic mass is 15.2. The Morgan fingerprint density at radius 1 is 0.436 bits per heavy atom. The summed E-state index contributed by atoms with van der Waals surface area (Å²) in [5, 5.41) is 5.05. The average molecular weight is 497 g/mol. The zero-order valence-electron chi connectivity index (χ0n) is 21.3. The Bertz CT molecular complexity index is 1970. The zero-order chi connectivity index (χ0) is 25.8. The van der Waals surface area contributed by atoms with Crippen LogP contribution in [0.2, 0.25) is 0 Å². The van der Waals surface area contributed by atoms with Gasteiger partial charge in [0.2, 0.25) is 0 Å². The Morgan fingerprint density at radius 3 is 1.90 bits per heavy atom. The van der Waals surface area contributed by atoms with Crippen LogP contribution in [0, 0.1) is 0 Å². The maximum Gasteiger partial charge on any atom is 0.137 e. The predicted molar refractivity (Wildman–Crippen MR) is 164 cm³/mol. The molecular weight excluding hydrogens is 472 g/mol. The molecule has 1 aromatic heterocycles. The Hall–Kier alpha value is -5.21. The molecule has 0 amide bonds. The van der Waals surface area contributed by atoms with Crippen molar-refractivity contribution in [2.75, 3.05) is 4.90 Å². The van der Waals surface area contributed by atoms with E-state index in [1.54, 1.807) is 0 Å². The van der Waals surface area contributed by atoms with Crippen molar-refractivity contribution in [3.63, 3.8) is 0 Å². The first-order chi connectivity index (χ1) is 19.4. The molecule has 0 bridgehead atoms. The third-order valence-electron chi connectivity index (χ3n) is 7.87. The zero-order valence-corrected chi connectivity index (χ0v) is 21.3. The molecule has 0 atom stereocenters. The van der Waals surface area contributed by atoms with Gasteiger partial charge in [-0.3, -0.25) is 4.90 Å². The van der Waals surface area contributed by atoms with Crippen LogP contribution in [0.1, 0.15) is 0 Å². The fourth-order valence-corrected chi connectivity index (χ4v) is 6.13. The molecule has 0 spiro atoms. The van der Waals surface area contributed by atoms with Crippen LogP contribution in [0.25, 0.3) is 54.9 Å². The van der Waals surface area contributed by atoms with Gasteiger partial charge in [-0.1, -0.05) is 109 Å². The number of pyridine rings is 1. The first-order valence-electron chi connectivity index (χ1n) is 13.3. The van der Waals surface area contributed by atoms with Gasteiger partial charge in [0.25, 0.3) is 0 Å². The second kappa shape index (κ2) is 8.68. The summed E-state index contributed by atoms with van der Waals surface area (Å²) in [5.41, 5.74) is 9.96. The summed E-state index contributed by atoms with van der Waals surface area (Å²) >= 11 is 0. The SMILES string of the molecule is c1ccc(N(c2ccc(-c3ccc4c5c(cccc35)-c3ccccc3-4)cc2)c2cccc3ccccc23)nc1. The van der Waals surface area contributed by atoms with Gasteiger partial charge in [0.05, 0.1) is 5.69 Å². The highest BCUT2D eigenvalue weighted by Crippen LogP contribution is 2.49. The number of aromatic nitrogens is 1. The van der Waals surface area contributed by atoms with Gasteiger partial charge in [-0.2, -0.15) is 0 Å². The molecule has 0 fully saturated rings.